The first-order valence-electron chi connectivity index (χ1n) is 8.50. The first-order valence-corrected chi connectivity index (χ1v) is 8.88. The van der Waals surface area contributed by atoms with Crippen LogP contribution in [0.3, 0.4) is 0 Å². The summed E-state index contributed by atoms with van der Waals surface area (Å²) < 4.78 is 1.59. The Balaban J connectivity index is 1.73. The molecule has 1 saturated heterocycles. The zero-order valence-corrected chi connectivity index (χ0v) is 15.7. The average molecular weight is 376 g/mol. The number of amides is 2. The maximum Gasteiger partial charge on any atom is 0.229 e. The van der Waals surface area contributed by atoms with Crippen LogP contribution < -0.4 is 16.0 Å². The number of halogens is 1. The van der Waals surface area contributed by atoms with Crippen molar-refractivity contribution in [2.24, 2.45) is 5.92 Å². The van der Waals surface area contributed by atoms with Gasteiger partial charge in [0, 0.05) is 17.1 Å². The fourth-order valence-corrected chi connectivity index (χ4v) is 2.97. The lowest BCUT2D eigenvalue weighted by molar-refractivity contribution is -0.130. The van der Waals surface area contributed by atoms with Crippen LogP contribution in [0, 0.1) is 12.8 Å². The van der Waals surface area contributed by atoms with Crippen molar-refractivity contribution in [1.29, 1.82) is 0 Å². The number of aryl methyl sites for hydroxylation is 1. The summed E-state index contributed by atoms with van der Waals surface area (Å²) in [5.41, 5.74) is 1.61. The number of carbonyl (C=O) groups excluding carboxylic acids is 2. The van der Waals surface area contributed by atoms with Crippen molar-refractivity contribution in [2.45, 2.75) is 39.5 Å². The van der Waals surface area contributed by atoms with Crippen molar-refractivity contribution in [1.82, 2.24) is 20.4 Å². The Bertz CT molecular complexity index is 817. The summed E-state index contributed by atoms with van der Waals surface area (Å²) in [6, 6.07) is 8.91. The van der Waals surface area contributed by atoms with Crippen molar-refractivity contribution in [3.05, 3.63) is 46.6 Å². The third-order valence-electron chi connectivity index (χ3n) is 4.51. The normalized spacial score (nSPS) is 22.8. The third kappa shape index (κ3) is 4.05. The smallest absolute Gasteiger partial charge is 0.229 e. The van der Waals surface area contributed by atoms with Crippen LogP contribution in [0.1, 0.15) is 31.4 Å². The van der Waals surface area contributed by atoms with E-state index in [-0.39, 0.29) is 30.2 Å². The number of nitrogens with one attached hydrogen (secondary N) is 3. The maximum absolute atomic E-state index is 12.4. The number of aromatic nitrogens is 2. The van der Waals surface area contributed by atoms with E-state index >= 15 is 0 Å². The van der Waals surface area contributed by atoms with E-state index in [4.69, 9.17) is 11.6 Å². The highest BCUT2D eigenvalue weighted by Crippen LogP contribution is 2.20. The molecule has 2 heterocycles. The molecule has 8 heteroatoms. The summed E-state index contributed by atoms with van der Waals surface area (Å²) in [5, 5.41) is 14.1. The van der Waals surface area contributed by atoms with E-state index < -0.39 is 6.29 Å². The van der Waals surface area contributed by atoms with Gasteiger partial charge < -0.3 is 10.6 Å². The van der Waals surface area contributed by atoms with Gasteiger partial charge in [0.2, 0.25) is 11.8 Å². The molecule has 3 N–H and O–H groups in total. The number of carbonyl (C=O) groups is 2. The number of rotatable bonds is 4. The minimum absolute atomic E-state index is 0.00382. The van der Waals surface area contributed by atoms with Crippen molar-refractivity contribution in [2.75, 3.05) is 5.32 Å². The topological polar surface area (TPSA) is 88.0 Å². The minimum Gasteiger partial charge on any atom is -0.322 e. The van der Waals surface area contributed by atoms with Gasteiger partial charge in [-0.1, -0.05) is 30.7 Å². The van der Waals surface area contributed by atoms with E-state index in [0.29, 0.717) is 10.8 Å². The van der Waals surface area contributed by atoms with Gasteiger partial charge in [-0.3, -0.25) is 14.9 Å². The van der Waals surface area contributed by atoms with Crippen LogP contribution in [0.2, 0.25) is 5.02 Å². The van der Waals surface area contributed by atoms with E-state index in [2.05, 4.69) is 21.0 Å². The van der Waals surface area contributed by atoms with Gasteiger partial charge >= 0.3 is 0 Å². The molecule has 0 spiro atoms. The average Bonchev–Trinajstić information content (AvgIpc) is 2.94. The molecular weight excluding hydrogens is 354 g/mol. The van der Waals surface area contributed by atoms with E-state index in [0.717, 1.165) is 11.3 Å². The fourth-order valence-electron chi connectivity index (χ4n) is 2.84. The lowest BCUT2D eigenvalue weighted by Crippen LogP contribution is -2.57. The lowest BCUT2D eigenvalue weighted by atomic mass is 10.0. The van der Waals surface area contributed by atoms with Crippen LogP contribution in [-0.4, -0.2) is 27.6 Å². The Morgan fingerprint density at radius 2 is 2.00 bits per heavy atom. The fraction of sp³-hybridized carbons (Fsp3) is 0.389. The number of anilines is 1. The Morgan fingerprint density at radius 1 is 1.31 bits per heavy atom. The zero-order chi connectivity index (χ0) is 18.8. The summed E-state index contributed by atoms with van der Waals surface area (Å²) in [7, 11) is 0. The molecule has 7 nitrogen and oxygen atoms in total. The quantitative estimate of drug-likeness (QED) is 0.764. The van der Waals surface area contributed by atoms with Crippen LogP contribution in [0.4, 0.5) is 5.82 Å². The third-order valence-corrected chi connectivity index (χ3v) is 4.76. The monoisotopic (exact) mass is 375 g/mol. The summed E-state index contributed by atoms with van der Waals surface area (Å²) in [5.74, 6) is 0.178. The molecule has 1 fully saturated rings. The molecule has 26 heavy (non-hydrogen) atoms. The molecule has 0 radical (unpaired) electrons. The first kappa shape index (κ1) is 18.4. The number of hydrogen-bond donors (Lipinski definition) is 3. The molecule has 3 atom stereocenters. The second-order valence-electron chi connectivity index (χ2n) is 6.62. The highest BCUT2D eigenvalue weighted by molar-refractivity contribution is 6.30. The highest BCUT2D eigenvalue weighted by Gasteiger charge is 2.32. The molecule has 2 amide bonds. The Hall–Kier alpha value is -2.38. The largest absolute Gasteiger partial charge is 0.322 e. The van der Waals surface area contributed by atoms with Crippen molar-refractivity contribution >= 4 is 29.2 Å². The standard InChI is InChI=1S/C18H22ClN5O2/c1-10-8-15(21-16(25)9-13-4-6-14(19)7-5-13)24(23-10)18-20-12(3)11(2)17(26)22-18/h4-8,11-12,18,20H,9H2,1-3H3,(H,21,25)(H,22,26). The molecule has 138 valence electrons. The van der Waals surface area contributed by atoms with Crippen LogP contribution in [0.15, 0.2) is 30.3 Å². The number of nitrogens with zero attached hydrogens (tertiary/aromatic N) is 2. The van der Waals surface area contributed by atoms with E-state index in [1.165, 1.54) is 0 Å². The van der Waals surface area contributed by atoms with Gasteiger partial charge in [0.15, 0.2) is 6.29 Å². The second kappa shape index (κ2) is 7.47. The zero-order valence-electron chi connectivity index (χ0n) is 14.9. The molecule has 1 aromatic heterocycles. The van der Waals surface area contributed by atoms with Gasteiger partial charge in [-0.05, 0) is 31.5 Å². The summed E-state index contributed by atoms with van der Waals surface area (Å²) >= 11 is 5.87. The van der Waals surface area contributed by atoms with E-state index in [1.807, 2.05) is 32.9 Å². The van der Waals surface area contributed by atoms with Crippen LogP contribution in [0.25, 0.3) is 0 Å². The lowest BCUT2D eigenvalue weighted by Gasteiger charge is -2.34. The first-order chi connectivity index (χ1) is 12.3. The summed E-state index contributed by atoms with van der Waals surface area (Å²) in [4.78, 5) is 24.5. The summed E-state index contributed by atoms with van der Waals surface area (Å²) in [6.45, 7) is 5.65. The van der Waals surface area contributed by atoms with Crippen molar-refractivity contribution in [3.63, 3.8) is 0 Å². The summed E-state index contributed by atoms with van der Waals surface area (Å²) in [6.07, 6.45) is -0.285. The maximum atomic E-state index is 12.4. The number of hydrogen-bond acceptors (Lipinski definition) is 4. The molecule has 1 aliphatic rings. The predicted molar refractivity (Wildman–Crippen MR) is 99.7 cm³/mol. The minimum atomic E-state index is -0.506. The Labute approximate surface area is 157 Å². The van der Waals surface area contributed by atoms with Crippen molar-refractivity contribution < 1.29 is 9.59 Å². The molecule has 0 aliphatic carbocycles. The SMILES string of the molecule is Cc1cc(NC(=O)Cc2ccc(Cl)cc2)n(C2NC(=O)C(C)C(C)N2)n1. The second-order valence-corrected chi connectivity index (χ2v) is 7.06. The predicted octanol–water partition coefficient (Wildman–Crippen LogP) is 2.23. The van der Waals surface area contributed by atoms with Gasteiger partial charge in [0.1, 0.15) is 5.82 Å². The van der Waals surface area contributed by atoms with Crippen LogP contribution >= 0.6 is 11.6 Å². The molecule has 3 unspecified atom stereocenters. The van der Waals surface area contributed by atoms with Crippen LogP contribution in [-0.2, 0) is 16.0 Å². The van der Waals surface area contributed by atoms with E-state index in [1.54, 1.807) is 22.9 Å². The molecule has 3 rings (SSSR count). The molecule has 1 aliphatic heterocycles. The van der Waals surface area contributed by atoms with Gasteiger partial charge in [-0.25, -0.2) is 4.68 Å². The van der Waals surface area contributed by atoms with Gasteiger partial charge in [-0.2, -0.15) is 5.10 Å². The van der Waals surface area contributed by atoms with E-state index in [9.17, 15) is 9.59 Å². The molecular formula is C18H22ClN5O2. The Morgan fingerprint density at radius 3 is 2.65 bits per heavy atom. The van der Waals surface area contributed by atoms with Gasteiger partial charge in [0.25, 0.3) is 0 Å². The number of benzene rings is 1. The molecule has 2 aromatic rings. The molecule has 0 bridgehead atoms. The Kier molecular flexibility index (Phi) is 5.29. The highest BCUT2D eigenvalue weighted by atomic mass is 35.5. The van der Waals surface area contributed by atoms with Crippen LogP contribution in [0.5, 0.6) is 0 Å². The molecule has 1 aromatic carbocycles. The van der Waals surface area contributed by atoms with Gasteiger partial charge in [0.05, 0.1) is 18.0 Å². The van der Waals surface area contributed by atoms with Gasteiger partial charge in [-0.15, -0.1) is 0 Å². The van der Waals surface area contributed by atoms with Crippen molar-refractivity contribution in [3.8, 4) is 0 Å². The molecule has 0 saturated carbocycles.